The highest BCUT2D eigenvalue weighted by molar-refractivity contribution is 9.10. The molecule has 0 N–H and O–H groups in total. The molecule has 0 aliphatic carbocycles. The molecule has 1 heterocycles. The Kier molecular flexibility index (Phi) is 2.81. The van der Waals surface area contributed by atoms with Crippen LogP contribution < -0.4 is 0 Å². The lowest BCUT2D eigenvalue weighted by Gasteiger charge is -2.01. The predicted molar refractivity (Wildman–Crippen MR) is 45.3 cm³/mol. The van der Waals surface area contributed by atoms with E-state index in [0.29, 0.717) is 0 Å². The highest BCUT2D eigenvalue weighted by atomic mass is 79.9. The Morgan fingerprint density at radius 3 is 2.90 bits per heavy atom. The summed E-state index contributed by atoms with van der Waals surface area (Å²) in [7, 11) is 0. The first-order chi connectivity index (χ1) is 4.75. The molecule has 1 aromatic heterocycles. The summed E-state index contributed by atoms with van der Waals surface area (Å²) in [5.74, 6) is 0.823. The van der Waals surface area contributed by atoms with Gasteiger partial charge in [-0.25, -0.2) is 0 Å². The van der Waals surface area contributed by atoms with E-state index in [0.717, 1.165) is 16.7 Å². The molecule has 1 rings (SSSR count). The number of alkyl halides is 1. The molecule has 0 aromatic carbocycles. The Labute approximate surface area is 73.5 Å². The van der Waals surface area contributed by atoms with Gasteiger partial charge in [0, 0.05) is 0 Å². The highest BCUT2D eigenvalue weighted by Gasteiger charge is 2.11. The number of halogens is 2. The van der Waals surface area contributed by atoms with Gasteiger partial charge in [0.1, 0.15) is 5.76 Å². The van der Waals surface area contributed by atoms with Gasteiger partial charge in [-0.15, -0.1) is 11.6 Å². The van der Waals surface area contributed by atoms with Crippen LogP contribution in [0, 0.1) is 0 Å². The molecule has 1 nitrogen and oxygen atoms in total. The molecule has 0 saturated carbocycles. The Morgan fingerprint density at radius 2 is 2.50 bits per heavy atom. The van der Waals surface area contributed by atoms with Crippen LogP contribution in [0.15, 0.2) is 21.2 Å². The lowest BCUT2D eigenvalue weighted by atomic mass is 10.3. The van der Waals surface area contributed by atoms with E-state index in [4.69, 9.17) is 16.0 Å². The van der Waals surface area contributed by atoms with Gasteiger partial charge >= 0.3 is 0 Å². The summed E-state index contributed by atoms with van der Waals surface area (Å²) in [5, 5.41) is -0.00984. The molecule has 0 bridgehead atoms. The van der Waals surface area contributed by atoms with E-state index in [1.54, 1.807) is 6.26 Å². The van der Waals surface area contributed by atoms with Crippen LogP contribution in [0.5, 0.6) is 0 Å². The summed E-state index contributed by atoms with van der Waals surface area (Å²) in [4.78, 5) is 0. The lowest BCUT2D eigenvalue weighted by Crippen LogP contribution is -1.84. The normalized spacial score (nSPS) is 13.5. The van der Waals surface area contributed by atoms with Crippen LogP contribution in [0.3, 0.4) is 0 Å². The van der Waals surface area contributed by atoms with Gasteiger partial charge < -0.3 is 4.42 Å². The highest BCUT2D eigenvalue weighted by Crippen LogP contribution is 2.30. The molecule has 0 fully saturated rings. The molecule has 1 aromatic rings. The molecule has 3 heteroatoms. The first-order valence-electron chi connectivity index (χ1n) is 3.12. The minimum absolute atomic E-state index is 0.00984. The third kappa shape index (κ3) is 1.55. The Bertz CT molecular complexity index is 209. The molecule has 1 atom stereocenters. The molecule has 0 aliphatic rings. The van der Waals surface area contributed by atoms with Gasteiger partial charge in [0.05, 0.1) is 16.1 Å². The summed E-state index contributed by atoms with van der Waals surface area (Å²) in [6.45, 7) is 2.02. The second kappa shape index (κ2) is 3.44. The third-order valence-electron chi connectivity index (χ3n) is 1.29. The average Bonchev–Trinajstić information content (AvgIpc) is 2.34. The SMILES string of the molecule is CCC(Cl)c1occc1Br. The van der Waals surface area contributed by atoms with Gasteiger partial charge in [-0.1, -0.05) is 6.92 Å². The third-order valence-corrected chi connectivity index (χ3v) is 2.45. The van der Waals surface area contributed by atoms with Crippen LogP contribution in [0.25, 0.3) is 0 Å². The Hall–Kier alpha value is 0.0500. The molecule has 1 unspecified atom stereocenters. The second-order valence-electron chi connectivity index (χ2n) is 2.01. The van der Waals surface area contributed by atoms with Crippen molar-refractivity contribution in [1.29, 1.82) is 0 Å². The average molecular weight is 223 g/mol. The van der Waals surface area contributed by atoms with Crippen LogP contribution in [-0.4, -0.2) is 0 Å². The largest absolute Gasteiger partial charge is 0.467 e. The predicted octanol–water partition coefficient (Wildman–Crippen LogP) is 3.73. The zero-order valence-electron chi connectivity index (χ0n) is 5.60. The molecule has 0 radical (unpaired) electrons. The van der Waals surface area contributed by atoms with E-state index in [1.165, 1.54) is 0 Å². The van der Waals surface area contributed by atoms with Gasteiger partial charge in [0.25, 0.3) is 0 Å². The van der Waals surface area contributed by atoms with Crippen LogP contribution in [0.4, 0.5) is 0 Å². The van der Waals surface area contributed by atoms with Crippen molar-refractivity contribution in [3.63, 3.8) is 0 Å². The van der Waals surface area contributed by atoms with Crippen molar-refractivity contribution in [1.82, 2.24) is 0 Å². The Balaban J connectivity index is 2.82. The zero-order chi connectivity index (χ0) is 7.56. The summed E-state index contributed by atoms with van der Waals surface area (Å²) >= 11 is 9.24. The number of hydrogen-bond acceptors (Lipinski definition) is 1. The quantitative estimate of drug-likeness (QED) is 0.696. The lowest BCUT2D eigenvalue weighted by molar-refractivity contribution is 0.497. The summed E-state index contributed by atoms with van der Waals surface area (Å²) in [6, 6.07) is 1.85. The molecule has 10 heavy (non-hydrogen) atoms. The van der Waals surface area contributed by atoms with Crippen LogP contribution >= 0.6 is 27.5 Å². The maximum Gasteiger partial charge on any atom is 0.135 e. The zero-order valence-corrected chi connectivity index (χ0v) is 7.95. The van der Waals surface area contributed by atoms with E-state index in [1.807, 2.05) is 13.0 Å². The first-order valence-corrected chi connectivity index (χ1v) is 4.35. The van der Waals surface area contributed by atoms with Crippen molar-refractivity contribution in [3.8, 4) is 0 Å². The van der Waals surface area contributed by atoms with Crippen molar-refractivity contribution in [3.05, 3.63) is 22.6 Å². The number of furan rings is 1. The smallest absolute Gasteiger partial charge is 0.135 e. The summed E-state index contributed by atoms with van der Waals surface area (Å²) < 4.78 is 6.09. The molecule has 0 spiro atoms. The molecule has 56 valence electrons. The topological polar surface area (TPSA) is 13.1 Å². The van der Waals surface area contributed by atoms with Crippen molar-refractivity contribution in [2.45, 2.75) is 18.7 Å². The monoisotopic (exact) mass is 222 g/mol. The van der Waals surface area contributed by atoms with Crippen molar-refractivity contribution in [2.75, 3.05) is 0 Å². The van der Waals surface area contributed by atoms with Crippen molar-refractivity contribution < 1.29 is 4.42 Å². The van der Waals surface area contributed by atoms with Gasteiger partial charge in [0.15, 0.2) is 0 Å². The van der Waals surface area contributed by atoms with E-state index < -0.39 is 0 Å². The fourth-order valence-corrected chi connectivity index (χ4v) is 1.49. The summed E-state index contributed by atoms with van der Waals surface area (Å²) in [6.07, 6.45) is 2.51. The van der Waals surface area contributed by atoms with Crippen LogP contribution in [-0.2, 0) is 0 Å². The first kappa shape index (κ1) is 8.15. The van der Waals surface area contributed by atoms with Crippen molar-refractivity contribution in [2.24, 2.45) is 0 Å². The summed E-state index contributed by atoms with van der Waals surface area (Å²) in [5.41, 5.74) is 0. The molecule has 0 saturated heterocycles. The van der Waals surface area contributed by atoms with Gasteiger partial charge in [-0.3, -0.25) is 0 Å². The number of hydrogen-bond donors (Lipinski definition) is 0. The van der Waals surface area contributed by atoms with Crippen LogP contribution in [0.1, 0.15) is 24.5 Å². The minimum Gasteiger partial charge on any atom is -0.467 e. The van der Waals surface area contributed by atoms with Gasteiger partial charge in [0.2, 0.25) is 0 Å². The standard InChI is InChI=1S/C7H8BrClO/c1-2-6(9)7-5(8)3-4-10-7/h3-4,6H,2H2,1H3. The maximum atomic E-state index is 5.91. The van der Waals surface area contributed by atoms with Gasteiger partial charge in [-0.2, -0.15) is 0 Å². The van der Waals surface area contributed by atoms with E-state index >= 15 is 0 Å². The van der Waals surface area contributed by atoms with Gasteiger partial charge in [-0.05, 0) is 28.4 Å². The molecule has 0 amide bonds. The fourth-order valence-electron chi connectivity index (χ4n) is 0.714. The van der Waals surface area contributed by atoms with Crippen LogP contribution in [0.2, 0.25) is 0 Å². The second-order valence-corrected chi connectivity index (χ2v) is 3.39. The minimum atomic E-state index is -0.00984. The maximum absolute atomic E-state index is 5.91. The van der Waals surface area contributed by atoms with E-state index in [2.05, 4.69) is 15.9 Å². The van der Waals surface area contributed by atoms with E-state index in [9.17, 15) is 0 Å². The number of rotatable bonds is 2. The molecular weight excluding hydrogens is 215 g/mol. The van der Waals surface area contributed by atoms with E-state index in [-0.39, 0.29) is 5.38 Å². The Morgan fingerprint density at radius 1 is 1.80 bits per heavy atom. The molecular formula is C7H8BrClO. The molecule has 0 aliphatic heterocycles. The fraction of sp³-hybridized carbons (Fsp3) is 0.429. The van der Waals surface area contributed by atoms with Crippen molar-refractivity contribution >= 4 is 27.5 Å².